The zero-order valence-corrected chi connectivity index (χ0v) is 13.4. The summed E-state index contributed by atoms with van der Waals surface area (Å²) >= 11 is 0. The van der Waals surface area contributed by atoms with Crippen molar-refractivity contribution in [3.63, 3.8) is 0 Å². The fourth-order valence-corrected chi connectivity index (χ4v) is 3.86. The number of rotatable bonds is 5. The summed E-state index contributed by atoms with van der Waals surface area (Å²) in [5, 5.41) is 10.3. The number of hydrogen-bond acceptors (Lipinski definition) is 3. The first-order chi connectivity index (χ1) is 10.8. The molecule has 1 aliphatic carbocycles. The number of piperidine rings is 1. The van der Waals surface area contributed by atoms with E-state index >= 15 is 0 Å². The van der Waals surface area contributed by atoms with Crippen LogP contribution in [0.15, 0.2) is 12.3 Å². The molecule has 5 nitrogen and oxygen atoms in total. The van der Waals surface area contributed by atoms with Crippen LogP contribution in [-0.4, -0.2) is 47.2 Å². The van der Waals surface area contributed by atoms with Gasteiger partial charge in [-0.15, -0.1) is 0 Å². The molecule has 1 aromatic rings. The second-order valence-corrected chi connectivity index (χ2v) is 6.89. The SMILES string of the molecule is O=C(CN1CCCC(c2ccn[nH]2)C1)NCC1CCCCC1. The number of nitrogens with zero attached hydrogens (tertiary/aromatic N) is 2. The van der Waals surface area contributed by atoms with Gasteiger partial charge in [0.2, 0.25) is 5.91 Å². The fourth-order valence-electron chi connectivity index (χ4n) is 3.86. The molecule has 2 heterocycles. The summed E-state index contributed by atoms with van der Waals surface area (Å²) in [4.78, 5) is 14.5. The van der Waals surface area contributed by atoms with Gasteiger partial charge < -0.3 is 5.32 Å². The fraction of sp³-hybridized carbons (Fsp3) is 0.765. The van der Waals surface area contributed by atoms with E-state index < -0.39 is 0 Å². The molecule has 0 aromatic carbocycles. The third kappa shape index (κ3) is 4.32. The Morgan fingerprint density at radius 3 is 2.91 bits per heavy atom. The largest absolute Gasteiger partial charge is 0.355 e. The average molecular weight is 304 g/mol. The van der Waals surface area contributed by atoms with Gasteiger partial charge in [0.1, 0.15) is 0 Å². The summed E-state index contributed by atoms with van der Waals surface area (Å²) in [6, 6.07) is 2.05. The van der Waals surface area contributed by atoms with Crippen LogP contribution < -0.4 is 5.32 Å². The van der Waals surface area contributed by atoms with Crippen LogP contribution in [0.5, 0.6) is 0 Å². The zero-order chi connectivity index (χ0) is 15.2. The molecule has 2 fully saturated rings. The van der Waals surface area contributed by atoms with Crippen molar-refractivity contribution < 1.29 is 4.79 Å². The Morgan fingerprint density at radius 2 is 2.14 bits per heavy atom. The monoisotopic (exact) mass is 304 g/mol. The van der Waals surface area contributed by atoms with Gasteiger partial charge in [-0.3, -0.25) is 14.8 Å². The van der Waals surface area contributed by atoms with Crippen LogP contribution in [-0.2, 0) is 4.79 Å². The summed E-state index contributed by atoms with van der Waals surface area (Å²) in [6.07, 6.45) is 10.7. The minimum Gasteiger partial charge on any atom is -0.355 e. The number of aromatic nitrogens is 2. The van der Waals surface area contributed by atoms with Gasteiger partial charge in [0.25, 0.3) is 0 Å². The average Bonchev–Trinajstić information content (AvgIpc) is 3.09. The molecule has 122 valence electrons. The maximum Gasteiger partial charge on any atom is 0.234 e. The quantitative estimate of drug-likeness (QED) is 0.877. The van der Waals surface area contributed by atoms with Gasteiger partial charge in [-0.25, -0.2) is 0 Å². The molecular formula is C17H28N4O. The van der Waals surface area contributed by atoms with E-state index in [-0.39, 0.29) is 5.91 Å². The molecule has 1 amide bonds. The lowest BCUT2D eigenvalue weighted by Gasteiger charge is -2.31. The second kappa shape index (κ2) is 7.77. The molecule has 5 heteroatoms. The zero-order valence-electron chi connectivity index (χ0n) is 13.4. The lowest BCUT2D eigenvalue weighted by Crippen LogP contribution is -2.43. The van der Waals surface area contributed by atoms with Crippen molar-refractivity contribution >= 4 is 5.91 Å². The Balaban J connectivity index is 1.40. The number of H-pyrrole nitrogens is 1. The third-order valence-corrected chi connectivity index (χ3v) is 5.15. The van der Waals surface area contributed by atoms with Crippen molar-refractivity contribution in [3.05, 3.63) is 18.0 Å². The van der Waals surface area contributed by atoms with Crippen LogP contribution in [0.4, 0.5) is 0 Å². The van der Waals surface area contributed by atoms with Gasteiger partial charge in [-0.05, 0) is 44.2 Å². The van der Waals surface area contributed by atoms with Crippen molar-refractivity contribution in [1.82, 2.24) is 20.4 Å². The Kier molecular flexibility index (Phi) is 5.48. The number of carbonyl (C=O) groups is 1. The van der Waals surface area contributed by atoms with E-state index in [0.29, 0.717) is 18.4 Å². The highest BCUT2D eigenvalue weighted by molar-refractivity contribution is 5.78. The molecule has 1 aromatic heterocycles. The van der Waals surface area contributed by atoms with Gasteiger partial charge in [-0.2, -0.15) is 5.10 Å². The normalized spacial score (nSPS) is 24.3. The van der Waals surface area contributed by atoms with Crippen LogP contribution >= 0.6 is 0 Å². The number of likely N-dealkylation sites (tertiary alicyclic amines) is 1. The number of carbonyl (C=O) groups excluding carboxylic acids is 1. The number of nitrogens with one attached hydrogen (secondary N) is 2. The van der Waals surface area contributed by atoms with Crippen LogP contribution in [0.2, 0.25) is 0 Å². The van der Waals surface area contributed by atoms with E-state index in [0.717, 1.165) is 26.1 Å². The maximum absolute atomic E-state index is 12.2. The smallest absolute Gasteiger partial charge is 0.234 e. The van der Waals surface area contributed by atoms with Gasteiger partial charge >= 0.3 is 0 Å². The van der Waals surface area contributed by atoms with E-state index in [1.165, 1.54) is 44.2 Å². The molecule has 0 bridgehead atoms. The summed E-state index contributed by atoms with van der Waals surface area (Å²) < 4.78 is 0. The lowest BCUT2D eigenvalue weighted by atomic mass is 9.89. The van der Waals surface area contributed by atoms with E-state index in [1.807, 2.05) is 6.20 Å². The van der Waals surface area contributed by atoms with Crippen molar-refractivity contribution in [2.24, 2.45) is 5.92 Å². The first-order valence-corrected chi connectivity index (χ1v) is 8.79. The van der Waals surface area contributed by atoms with Crippen molar-refractivity contribution in [2.45, 2.75) is 50.9 Å². The molecular weight excluding hydrogens is 276 g/mol. The number of amides is 1. The molecule has 1 unspecified atom stereocenters. The Labute approximate surface area is 132 Å². The Hall–Kier alpha value is -1.36. The van der Waals surface area contributed by atoms with Crippen molar-refractivity contribution in [1.29, 1.82) is 0 Å². The van der Waals surface area contributed by atoms with Crippen LogP contribution in [0.1, 0.15) is 56.6 Å². The standard InChI is InChI=1S/C17H28N4O/c22-17(18-11-14-5-2-1-3-6-14)13-21-10-4-7-15(12-21)16-8-9-19-20-16/h8-9,14-15H,1-7,10-13H2,(H,18,22)(H,19,20). The molecule has 1 saturated heterocycles. The molecule has 1 aliphatic heterocycles. The van der Waals surface area contributed by atoms with Gasteiger partial charge in [0.05, 0.1) is 6.54 Å². The molecule has 0 radical (unpaired) electrons. The predicted molar refractivity (Wildman–Crippen MR) is 86.6 cm³/mol. The van der Waals surface area contributed by atoms with Gasteiger partial charge in [0.15, 0.2) is 0 Å². The highest BCUT2D eigenvalue weighted by atomic mass is 16.2. The summed E-state index contributed by atoms with van der Waals surface area (Å²) in [5.74, 6) is 1.38. The molecule has 22 heavy (non-hydrogen) atoms. The maximum atomic E-state index is 12.2. The summed E-state index contributed by atoms with van der Waals surface area (Å²) in [6.45, 7) is 3.40. The third-order valence-electron chi connectivity index (χ3n) is 5.15. The molecule has 0 spiro atoms. The van der Waals surface area contributed by atoms with E-state index in [9.17, 15) is 4.79 Å². The molecule has 3 rings (SSSR count). The predicted octanol–water partition coefficient (Wildman–Crippen LogP) is 2.29. The second-order valence-electron chi connectivity index (χ2n) is 6.89. The molecule has 2 aliphatic rings. The Morgan fingerprint density at radius 1 is 1.27 bits per heavy atom. The van der Waals surface area contributed by atoms with Crippen molar-refractivity contribution in [3.8, 4) is 0 Å². The first kappa shape index (κ1) is 15.5. The van der Waals surface area contributed by atoms with Crippen molar-refractivity contribution in [2.75, 3.05) is 26.2 Å². The van der Waals surface area contributed by atoms with E-state index in [2.05, 4.69) is 26.5 Å². The lowest BCUT2D eigenvalue weighted by molar-refractivity contribution is -0.122. The minimum absolute atomic E-state index is 0.191. The van der Waals surface area contributed by atoms with E-state index in [4.69, 9.17) is 0 Å². The number of hydrogen-bond donors (Lipinski definition) is 2. The van der Waals surface area contributed by atoms with Crippen LogP contribution in [0.3, 0.4) is 0 Å². The first-order valence-electron chi connectivity index (χ1n) is 8.79. The van der Waals surface area contributed by atoms with Crippen LogP contribution in [0.25, 0.3) is 0 Å². The molecule has 1 atom stereocenters. The molecule has 1 saturated carbocycles. The van der Waals surface area contributed by atoms with Gasteiger partial charge in [0, 0.05) is 30.9 Å². The Bertz CT molecular complexity index is 453. The highest BCUT2D eigenvalue weighted by Gasteiger charge is 2.24. The van der Waals surface area contributed by atoms with E-state index in [1.54, 1.807) is 0 Å². The summed E-state index contributed by atoms with van der Waals surface area (Å²) in [7, 11) is 0. The number of aromatic amines is 1. The van der Waals surface area contributed by atoms with Gasteiger partial charge in [-0.1, -0.05) is 19.3 Å². The molecule has 2 N–H and O–H groups in total. The highest BCUT2D eigenvalue weighted by Crippen LogP contribution is 2.25. The topological polar surface area (TPSA) is 61.0 Å². The summed E-state index contributed by atoms with van der Waals surface area (Å²) in [5.41, 5.74) is 1.20. The minimum atomic E-state index is 0.191. The van der Waals surface area contributed by atoms with Crippen LogP contribution in [0, 0.1) is 5.92 Å².